The summed E-state index contributed by atoms with van der Waals surface area (Å²) in [5.74, 6) is 0.662. The first-order valence-electron chi connectivity index (χ1n) is 4.35. The fourth-order valence-corrected chi connectivity index (χ4v) is 2.24. The minimum absolute atomic E-state index is 0.343. The summed E-state index contributed by atoms with van der Waals surface area (Å²) in [6.07, 6.45) is 0. The SMILES string of the molecule is COC(=O)c1csc(C(C)C)c1OC. The fraction of sp³-hybridized carbons (Fsp3) is 0.500. The molecule has 4 heteroatoms. The Balaban J connectivity index is 3.13. The average molecular weight is 214 g/mol. The Morgan fingerprint density at radius 3 is 2.50 bits per heavy atom. The highest BCUT2D eigenvalue weighted by Gasteiger charge is 2.20. The van der Waals surface area contributed by atoms with Gasteiger partial charge in [-0.05, 0) is 5.92 Å². The highest BCUT2D eigenvalue weighted by Crippen LogP contribution is 2.36. The van der Waals surface area contributed by atoms with Gasteiger partial charge in [0.15, 0.2) is 0 Å². The van der Waals surface area contributed by atoms with E-state index >= 15 is 0 Å². The molecule has 14 heavy (non-hydrogen) atoms. The van der Waals surface area contributed by atoms with Gasteiger partial charge in [-0.3, -0.25) is 0 Å². The molecule has 0 fully saturated rings. The zero-order valence-corrected chi connectivity index (χ0v) is 9.60. The normalized spacial score (nSPS) is 10.4. The summed E-state index contributed by atoms with van der Waals surface area (Å²) in [5, 5.41) is 1.78. The maximum atomic E-state index is 11.3. The van der Waals surface area contributed by atoms with Crippen molar-refractivity contribution in [3.05, 3.63) is 15.8 Å². The number of thiophene rings is 1. The molecule has 0 N–H and O–H groups in total. The van der Waals surface area contributed by atoms with Crippen LogP contribution < -0.4 is 4.74 Å². The highest BCUT2D eigenvalue weighted by molar-refractivity contribution is 7.10. The number of hydrogen-bond donors (Lipinski definition) is 0. The highest BCUT2D eigenvalue weighted by atomic mass is 32.1. The van der Waals surface area contributed by atoms with E-state index in [-0.39, 0.29) is 5.97 Å². The fourth-order valence-electron chi connectivity index (χ4n) is 1.22. The topological polar surface area (TPSA) is 35.5 Å². The molecule has 0 radical (unpaired) electrons. The van der Waals surface area contributed by atoms with Gasteiger partial charge in [0.25, 0.3) is 0 Å². The van der Waals surface area contributed by atoms with E-state index in [0.717, 1.165) is 4.88 Å². The number of rotatable bonds is 3. The second kappa shape index (κ2) is 4.46. The van der Waals surface area contributed by atoms with E-state index in [4.69, 9.17) is 4.74 Å². The van der Waals surface area contributed by atoms with Gasteiger partial charge in [-0.15, -0.1) is 11.3 Å². The number of ether oxygens (including phenoxy) is 2. The lowest BCUT2D eigenvalue weighted by atomic mass is 10.1. The molecule has 0 aliphatic rings. The zero-order chi connectivity index (χ0) is 10.7. The van der Waals surface area contributed by atoms with Crippen molar-refractivity contribution in [2.45, 2.75) is 19.8 Å². The molecule has 0 unspecified atom stereocenters. The first-order chi connectivity index (χ1) is 6.61. The molecule has 78 valence electrons. The molecule has 0 amide bonds. The second-order valence-corrected chi connectivity index (χ2v) is 4.10. The predicted molar refractivity (Wildman–Crippen MR) is 56.3 cm³/mol. The Kier molecular flexibility index (Phi) is 3.52. The van der Waals surface area contributed by atoms with Gasteiger partial charge >= 0.3 is 5.97 Å². The Morgan fingerprint density at radius 1 is 1.43 bits per heavy atom. The summed E-state index contributed by atoms with van der Waals surface area (Å²) in [4.78, 5) is 12.4. The van der Waals surface area contributed by atoms with Crippen molar-refractivity contribution in [1.82, 2.24) is 0 Å². The Bertz CT molecular complexity index is 328. The summed E-state index contributed by atoms with van der Waals surface area (Å²) >= 11 is 1.53. The monoisotopic (exact) mass is 214 g/mol. The quantitative estimate of drug-likeness (QED) is 0.726. The third-order valence-corrected chi connectivity index (χ3v) is 3.17. The molecule has 0 bridgehead atoms. The number of hydrogen-bond acceptors (Lipinski definition) is 4. The Morgan fingerprint density at radius 2 is 2.07 bits per heavy atom. The van der Waals surface area contributed by atoms with Crippen molar-refractivity contribution in [1.29, 1.82) is 0 Å². The summed E-state index contributed by atoms with van der Waals surface area (Å²) in [5.41, 5.74) is 0.517. The van der Waals surface area contributed by atoms with Crippen LogP contribution in [0.4, 0.5) is 0 Å². The lowest BCUT2D eigenvalue weighted by molar-refractivity contribution is 0.0597. The molecular formula is C10H14O3S. The van der Waals surface area contributed by atoms with Crippen molar-refractivity contribution >= 4 is 17.3 Å². The van der Waals surface area contributed by atoms with Crippen LogP contribution in [0.25, 0.3) is 0 Å². The second-order valence-electron chi connectivity index (χ2n) is 3.19. The molecule has 0 aromatic carbocycles. The molecule has 0 aliphatic heterocycles. The number of carbonyl (C=O) groups excluding carboxylic acids is 1. The lowest BCUT2D eigenvalue weighted by Gasteiger charge is -2.06. The number of esters is 1. The first kappa shape index (κ1) is 11.0. The minimum atomic E-state index is -0.343. The van der Waals surface area contributed by atoms with Crippen molar-refractivity contribution in [2.75, 3.05) is 14.2 Å². The third-order valence-electron chi connectivity index (χ3n) is 1.91. The predicted octanol–water partition coefficient (Wildman–Crippen LogP) is 2.67. The van der Waals surface area contributed by atoms with Gasteiger partial charge in [0, 0.05) is 10.3 Å². The molecule has 1 aromatic heterocycles. The van der Waals surface area contributed by atoms with E-state index in [1.54, 1.807) is 12.5 Å². The van der Waals surface area contributed by atoms with Gasteiger partial charge in [0.2, 0.25) is 0 Å². The van der Waals surface area contributed by atoms with Gasteiger partial charge in [-0.2, -0.15) is 0 Å². The van der Waals surface area contributed by atoms with E-state index in [1.165, 1.54) is 18.4 Å². The largest absolute Gasteiger partial charge is 0.495 e. The standard InChI is InChI=1S/C10H14O3S/c1-6(2)9-8(12-3)7(5-14-9)10(11)13-4/h5-6H,1-4H3. The molecular weight excluding hydrogens is 200 g/mol. The number of carbonyl (C=O) groups is 1. The first-order valence-corrected chi connectivity index (χ1v) is 5.23. The van der Waals surface area contributed by atoms with Crippen LogP contribution in [0.2, 0.25) is 0 Å². The Labute approximate surface area is 87.7 Å². The van der Waals surface area contributed by atoms with Crippen molar-refractivity contribution in [3.63, 3.8) is 0 Å². The summed E-state index contributed by atoms with van der Waals surface area (Å²) in [7, 11) is 2.94. The number of methoxy groups -OCH3 is 2. The summed E-state index contributed by atoms with van der Waals surface area (Å²) < 4.78 is 9.87. The lowest BCUT2D eigenvalue weighted by Crippen LogP contribution is -2.02. The van der Waals surface area contributed by atoms with Crippen LogP contribution in [0.1, 0.15) is 35.0 Å². The van der Waals surface area contributed by atoms with Crippen LogP contribution in [0.15, 0.2) is 5.38 Å². The maximum Gasteiger partial charge on any atom is 0.342 e. The molecule has 1 rings (SSSR count). The molecule has 0 saturated carbocycles. The van der Waals surface area contributed by atoms with Gasteiger partial charge < -0.3 is 9.47 Å². The van der Waals surface area contributed by atoms with Crippen molar-refractivity contribution < 1.29 is 14.3 Å². The van der Waals surface area contributed by atoms with E-state index in [9.17, 15) is 4.79 Å². The van der Waals surface area contributed by atoms with Gasteiger partial charge in [0.1, 0.15) is 11.3 Å². The minimum Gasteiger partial charge on any atom is -0.495 e. The van der Waals surface area contributed by atoms with E-state index in [0.29, 0.717) is 17.2 Å². The summed E-state index contributed by atoms with van der Waals surface area (Å²) in [6.45, 7) is 4.13. The molecule has 0 spiro atoms. The third kappa shape index (κ3) is 1.90. The molecule has 1 aromatic rings. The summed E-state index contributed by atoms with van der Waals surface area (Å²) in [6, 6.07) is 0. The molecule has 0 saturated heterocycles. The van der Waals surface area contributed by atoms with Crippen molar-refractivity contribution in [3.8, 4) is 5.75 Å². The van der Waals surface area contributed by atoms with Crippen LogP contribution >= 0.6 is 11.3 Å². The average Bonchev–Trinajstić information content (AvgIpc) is 2.59. The maximum absolute atomic E-state index is 11.3. The van der Waals surface area contributed by atoms with Gasteiger partial charge in [-0.1, -0.05) is 13.8 Å². The van der Waals surface area contributed by atoms with E-state index in [1.807, 2.05) is 0 Å². The Hall–Kier alpha value is -1.03. The molecule has 0 atom stereocenters. The van der Waals surface area contributed by atoms with Crippen LogP contribution in [0.5, 0.6) is 5.75 Å². The van der Waals surface area contributed by atoms with Crippen LogP contribution in [-0.4, -0.2) is 20.2 Å². The molecule has 3 nitrogen and oxygen atoms in total. The van der Waals surface area contributed by atoms with Crippen LogP contribution in [0.3, 0.4) is 0 Å². The van der Waals surface area contributed by atoms with Crippen LogP contribution in [0, 0.1) is 0 Å². The van der Waals surface area contributed by atoms with Crippen LogP contribution in [-0.2, 0) is 4.74 Å². The molecule has 1 heterocycles. The van der Waals surface area contributed by atoms with Gasteiger partial charge in [0.05, 0.1) is 14.2 Å². The van der Waals surface area contributed by atoms with E-state index < -0.39 is 0 Å². The van der Waals surface area contributed by atoms with Crippen molar-refractivity contribution in [2.24, 2.45) is 0 Å². The van der Waals surface area contributed by atoms with Gasteiger partial charge in [-0.25, -0.2) is 4.79 Å². The zero-order valence-electron chi connectivity index (χ0n) is 8.79. The molecule has 0 aliphatic carbocycles. The smallest absolute Gasteiger partial charge is 0.342 e. The van der Waals surface area contributed by atoms with E-state index in [2.05, 4.69) is 18.6 Å².